The van der Waals surface area contributed by atoms with E-state index in [2.05, 4.69) is 15.0 Å². The summed E-state index contributed by atoms with van der Waals surface area (Å²) in [5, 5.41) is 2.91. The van der Waals surface area contributed by atoms with Crippen LogP contribution < -0.4 is 14.8 Å². The van der Waals surface area contributed by atoms with Crippen LogP contribution >= 0.6 is 0 Å². The minimum absolute atomic E-state index is 0.0470. The largest absolute Gasteiger partial charge is 0.497 e. The molecular weight excluding hydrogens is 432 g/mol. The lowest BCUT2D eigenvalue weighted by molar-refractivity contribution is -0.136. The van der Waals surface area contributed by atoms with E-state index in [-0.39, 0.29) is 22.6 Å². The topological polar surface area (TPSA) is 118 Å². The van der Waals surface area contributed by atoms with Crippen LogP contribution in [-0.2, 0) is 26.2 Å². The highest BCUT2D eigenvalue weighted by Gasteiger charge is 2.31. The van der Waals surface area contributed by atoms with Gasteiger partial charge in [0.15, 0.2) is 0 Å². The van der Waals surface area contributed by atoms with Crippen LogP contribution in [0.3, 0.4) is 0 Å². The normalized spacial score (nSPS) is 15.8. The molecule has 10 heteroatoms. The van der Waals surface area contributed by atoms with Crippen molar-refractivity contribution in [2.75, 3.05) is 20.2 Å². The summed E-state index contributed by atoms with van der Waals surface area (Å²) in [7, 11) is -2.35. The van der Waals surface area contributed by atoms with E-state index >= 15 is 0 Å². The average Bonchev–Trinajstić information content (AvgIpc) is 2.82. The smallest absolute Gasteiger partial charge is 0.241 e. The highest BCUT2D eigenvalue weighted by molar-refractivity contribution is 7.89. The first-order valence-electron chi connectivity index (χ1n) is 10.4. The van der Waals surface area contributed by atoms with Crippen molar-refractivity contribution in [1.29, 1.82) is 0 Å². The van der Waals surface area contributed by atoms with Gasteiger partial charge in [0, 0.05) is 37.9 Å². The van der Waals surface area contributed by atoms with Gasteiger partial charge in [0.25, 0.3) is 0 Å². The van der Waals surface area contributed by atoms with Crippen LogP contribution in [0.1, 0.15) is 25.3 Å². The van der Waals surface area contributed by atoms with Gasteiger partial charge in [-0.25, -0.2) is 8.42 Å². The number of ether oxygens (including phenoxy) is 1. The van der Waals surface area contributed by atoms with Gasteiger partial charge in [-0.15, -0.1) is 0 Å². The van der Waals surface area contributed by atoms with Crippen molar-refractivity contribution in [3.8, 4) is 5.75 Å². The first-order chi connectivity index (χ1) is 15.3. The Morgan fingerprint density at radius 3 is 2.47 bits per heavy atom. The Kier molecular flexibility index (Phi) is 7.81. The third-order valence-corrected chi connectivity index (χ3v) is 7.00. The second-order valence-electron chi connectivity index (χ2n) is 7.70. The maximum Gasteiger partial charge on any atom is 0.241 e. The molecule has 2 aromatic rings. The van der Waals surface area contributed by atoms with Crippen LogP contribution in [0.5, 0.6) is 5.75 Å². The molecule has 0 saturated carbocycles. The van der Waals surface area contributed by atoms with E-state index in [1.165, 1.54) is 26.2 Å². The summed E-state index contributed by atoms with van der Waals surface area (Å²) in [6.45, 7) is 2.74. The second-order valence-corrected chi connectivity index (χ2v) is 9.41. The van der Waals surface area contributed by atoms with Gasteiger partial charge < -0.3 is 15.0 Å². The molecule has 1 aliphatic rings. The van der Waals surface area contributed by atoms with Gasteiger partial charge in [0.05, 0.1) is 18.0 Å². The van der Waals surface area contributed by atoms with Crippen molar-refractivity contribution in [1.82, 2.24) is 19.9 Å². The first kappa shape index (κ1) is 23.7. The zero-order valence-electron chi connectivity index (χ0n) is 18.2. The molecule has 2 amide bonds. The maximum atomic E-state index is 12.8. The Balaban J connectivity index is 1.49. The predicted molar refractivity (Wildman–Crippen MR) is 118 cm³/mol. The number of rotatable bonds is 8. The molecule has 1 aliphatic heterocycles. The summed E-state index contributed by atoms with van der Waals surface area (Å²) < 4.78 is 32.6. The molecule has 2 heterocycles. The number of hydrogen-bond acceptors (Lipinski definition) is 6. The van der Waals surface area contributed by atoms with Crippen LogP contribution in [0.25, 0.3) is 0 Å². The SMILES string of the molecule is COc1ccc(S(=O)(=O)N[C@@H](C)C(=O)N2CCC(C(=O)NCc3cccnc3)CC2)cc1. The van der Waals surface area contributed by atoms with Crippen LogP contribution in [0, 0.1) is 5.92 Å². The van der Waals surface area contributed by atoms with Gasteiger partial charge in [-0.1, -0.05) is 6.07 Å². The molecule has 1 atom stereocenters. The van der Waals surface area contributed by atoms with Gasteiger partial charge in [-0.2, -0.15) is 4.72 Å². The van der Waals surface area contributed by atoms with Crippen molar-refractivity contribution in [3.63, 3.8) is 0 Å². The number of nitrogens with one attached hydrogen (secondary N) is 2. The molecule has 3 rings (SSSR count). The molecule has 0 spiro atoms. The first-order valence-corrected chi connectivity index (χ1v) is 11.9. The number of aromatic nitrogens is 1. The number of carbonyl (C=O) groups excluding carboxylic acids is 2. The number of pyridine rings is 1. The summed E-state index contributed by atoms with van der Waals surface area (Å²) in [6, 6.07) is 8.73. The monoisotopic (exact) mass is 460 g/mol. The second kappa shape index (κ2) is 10.6. The van der Waals surface area contributed by atoms with E-state index in [9.17, 15) is 18.0 Å². The molecule has 0 unspecified atom stereocenters. The van der Waals surface area contributed by atoms with Crippen LogP contribution in [0.2, 0.25) is 0 Å². The molecule has 0 bridgehead atoms. The molecule has 1 aromatic heterocycles. The fourth-order valence-electron chi connectivity index (χ4n) is 3.58. The Bertz CT molecular complexity index is 1020. The van der Waals surface area contributed by atoms with Gasteiger partial charge >= 0.3 is 0 Å². The molecule has 1 aromatic carbocycles. The summed E-state index contributed by atoms with van der Waals surface area (Å²) in [5.41, 5.74) is 0.923. The lowest BCUT2D eigenvalue weighted by Crippen LogP contribution is -2.50. The number of sulfonamides is 1. The number of piperidine rings is 1. The van der Waals surface area contributed by atoms with Gasteiger partial charge in [-0.3, -0.25) is 14.6 Å². The van der Waals surface area contributed by atoms with E-state index in [0.29, 0.717) is 38.2 Å². The number of nitrogens with zero attached hydrogens (tertiary/aromatic N) is 2. The maximum absolute atomic E-state index is 12.8. The number of hydrogen-bond donors (Lipinski definition) is 2. The summed E-state index contributed by atoms with van der Waals surface area (Å²) in [5.74, 6) is 0.00736. The number of methoxy groups -OCH3 is 1. The van der Waals surface area contributed by atoms with Crippen molar-refractivity contribution in [3.05, 3.63) is 54.4 Å². The minimum atomic E-state index is -3.85. The fourth-order valence-corrected chi connectivity index (χ4v) is 4.77. The average molecular weight is 461 g/mol. The Morgan fingerprint density at radius 1 is 1.19 bits per heavy atom. The molecule has 0 radical (unpaired) electrons. The third-order valence-electron chi connectivity index (χ3n) is 5.44. The quantitative estimate of drug-likeness (QED) is 0.613. The number of likely N-dealkylation sites (tertiary alicyclic amines) is 1. The van der Waals surface area contributed by atoms with E-state index in [1.54, 1.807) is 29.4 Å². The molecule has 32 heavy (non-hydrogen) atoms. The molecule has 9 nitrogen and oxygen atoms in total. The van der Waals surface area contributed by atoms with Crippen LogP contribution in [0.15, 0.2) is 53.7 Å². The lowest BCUT2D eigenvalue weighted by Gasteiger charge is -2.33. The number of carbonyl (C=O) groups is 2. The van der Waals surface area contributed by atoms with Crippen molar-refractivity contribution < 1.29 is 22.7 Å². The van der Waals surface area contributed by atoms with Gasteiger partial charge in [0.1, 0.15) is 5.75 Å². The lowest BCUT2D eigenvalue weighted by atomic mass is 9.95. The minimum Gasteiger partial charge on any atom is -0.497 e. The predicted octanol–water partition coefficient (Wildman–Crippen LogP) is 1.31. The third kappa shape index (κ3) is 6.04. The molecule has 2 N–H and O–H groups in total. The van der Waals surface area contributed by atoms with Crippen molar-refractivity contribution in [2.45, 2.75) is 37.2 Å². The summed E-state index contributed by atoms with van der Waals surface area (Å²) in [6.07, 6.45) is 4.44. The summed E-state index contributed by atoms with van der Waals surface area (Å²) >= 11 is 0. The highest BCUT2D eigenvalue weighted by atomic mass is 32.2. The number of benzene rings is 1. The van der Waals surface area contributed by atoms with E-state index in [4.69, 9.17) is 4.74 Å². The molecule has 172 valence electrons. The zero-order valence-corrected chi connectivity index (χ0v) is 19.0. The standard InChI is InChI=1S/C22H28N4O5S/c1-16(25-32(29,30)20-7-5-19(31-2)6-8-20)22(28)26-12-9-18(10-13-26)21(27)24-15-17-4-3-11-23-14-17/h3-8,11,14,16,18,25H,9-10,12-13,15H2,1-2H3,(H,24,27)/t16-/m0/s1. The van der Waals surface area contributed by atoms with E-state index in [1.807, 2.05) is 12.1 Å². The van der Waals surface area contributed by atoms with Gasteiger partial charge in [-0.05, 0) is 55.7 Å². The summed E-state index contributed by atoms with van der Waals surface area (Å²) in [4.78, 5) is 30.9. The van der Waals surface area contributed by atoms with Crippen molar-refractivity contribution >= 4 is 21.8 Å². The molecule has 1 fully saturated rings. The zero-order chi connectivity index (χ0) is 23.1. The Morgan fingerprint density at radius 2 is 1.88 bits per heavy atom. The van der Waals surface area contributed by atoms with Crippen LogP contribution in [-0.4, -0.2) is 56.4 Å². The molecule has 0 aliphatic carbocycles. The van der Waals surface area contributed by atoms with Crippen molar-refractivity contribution in [2.24, 2.45) is 5.92 Å². The fraction of sp³-hybridized carbons (Fsp3) is 0.409. The number of amides is 2. The van der Waals surface area contributed by atoms with Gasteiger partial charge in [0.2, 0.25) is 21.8 Å². The Labute approximate surface area is 188 Å². The van der Waals surface area contributed by atoms with E-state index < -0.39 is 16.1 Å². The molecule has 1 saturated heterocycles. The highest BCUT2D eigenvalue weighted by Crippen LogP contribution is 2.19. The van der Waals surface area contributed by atoms with E-state index in [0.717, 1.165) is 5.56 Å². The van der Waals surface area contributed by atoms with Crippen LogP contribution in [0.4, 0.5) is 0 Å². The Hall–Kier alpha value is -2.98. The molecular formula is C22H28N4O5S.